The summed E-state index contributed by atoms with van der Waals surface area (Å²) in [6.07, 6.45) is 10.6. The molecule has 4 aliphatic rings. The predicted molar refractivity (Wildman–Crippen MR) is 105 cm³/mol. The van der Waals surface area contributed by atoms with Gasteiger partial charge in [-0.15, -0.1) is 0 Å². The van der Waals surface area contributed by atoms with Crippen molar-refractivity contribution in [2.24, 2.45) is 7.05 Å². The monoisotopic (exact) mass is 385 g/mol. The highest BCUT2D eigenvalue weighted by molar-refractivity contribution is 6.07. The second-order valence-electron chi connectivity index (χ2n) is 9.00. The number of amides is 3. The Morgan fingerprint density at radius 3 is 2.64 bits per heavy atom. The molecule has 0 aromatic carbocycles. The third-order valence-electron chi connectivity index (χ3n) is 7.38. The SMILES string of the molecule is Cn1c([C@@H]2CCCN2CCN2C(=O)NC3(CCCC3)C2=O)nc2c1CCCC2. The zero-order chi connectivity index (χ0) is 19.3. The molecule has 5 rings (SSSR count). The number of carbonyl (C=O) groups is 2. The van der Waals surface area contributed by atoms with Gasteiger partial charge in [-0.2, -0.15) is 0 Å². The Morgan fingerprint density at radius 1 is 1.07 bits per heavy atom. The van der Waals surface area contributed by atoms with Crippen molar-refractivity contribution in [2.75, 3.05) is 19.6 Å². The molecule has 7 nitrogen and oxygen atoms in total. The number of hydrogen-bond donors (Lipinski definition) is 1. The lowest BCUT2D eigenvalue weighted by Crippen LogP contribution is -2.44. The van der Waals surface area contributed by atoms with E-state index in [4.69, 9.17) is 4.98 Å². The first-order valence-electron chi connectivity index (χ1n) is 11.0. The van der Waals surface area contributed by atoms with Crippen LogP contribution < -0.4 is 5.32 Å². The Labute approximate surface area is 166 Å². The van der Waals surface area contributed by atoms with Gasteiger partial charge in [0.1, 0.15) is 11.4 Å². The molecule has 2 aliphatic carbocycles. The maximum Gasteiger partial charge on any atom is 0.325 e. The topological polar surface area (TPSA) is 70.5 Å². The van der Waals surface area contributed by atoms with Gasteiger partial charge in [0.25, 0.3) is 5.91 Å². The van der Waals surface area contributed by atoms with E-state index in [1.54, 1.807) is 0 Å². The Hall–Kier alpha value is -1.89. The fraction of sp³-hybridized carbons (Fsp3) is 0.762. The lowest BCUT2D eigenvalue weighted by atomic mass is 9.98. The Balaban J connectivity index is 1.29. The van der Waals surface area contributed by atoms with Gasteiger partial charge in [-0.1, -0.05) is 12.8 Å². The molecule has 1 aromatic rings. The molecular formula is C21H31N5O2. The first kappa shape index (κ1) is 18.2. The molecule has 1 spiro atoms. The number of likely N-dealkylation sites (tertiary alicyclic amines) is 1. The average Bonchev–Trinajstić information content (AvgIpc) is 3.45. The molecule has 3 heterocycles. The van der Waals surface area contributed by atoms with E-state index in [1.165, 1.54) is 35.0 Å². The number of carbonyl (C=O) groups excluding carboxylic acids is 2. The van der Waals surface area contributed by atoms with Gasteiger partial charge in [0.2, 0.25) is 0 Å². The minimum atomic E-state index is -0.597. The number of aryl methyl sites for hydroxylation is 1. The molecule has 1 saturated carbocycles. The molecule has 28 heavy (non-hydrogen) atoms. The molecule has 152 valence electrons. The van der Waals surface area contributed by atoms with Crippen LogP contribution in [-0.4, -0.2) is 56.5 Å². The molecule has 1 atom stereocenters. The maximum absolute atomic E-state index is 12.9. The van der Waals surface area contributed by atoms with Crippen molar-refractivity contribution < 1.29 is 9.59 Å². The highest BCUT2D eigenvalue weighted by atomic mass is 16.2. The smallest absolute Gasteiger partial charge is 0.325 e. The third-order valence-corrected chi connectivity index (χ3v) is 7.38. The Kier molecular flexibility index (Phi) is 4.45. The summed E-state index contributed by atoms with van der Waals surface area (Å²) in [4.78, 5) is 34.2. The zero-order valence-corrected chi connectivity index (χ0v) is 16.9. The molecule has 3 fully saturated rings. The van der Waals surface area contributed by atoms with Crippen LogP contribution in [0.2, 0.25) is 0 Å². The standard InChI is InChI=1S/C21H31N5O2/c1-24-16-8-3-2-7-15(16)22-18(24)17-9-6-12-25(17)13-14-26-19(27)21(23-20(26)28)10-4-5-11-21/h17H,2-14H2,1H3,(H,23,28)/t17-/m0/s1. The summed E-state index contributed by atoms with van der Waals surface area (Å²) in [6, 6.07) is 0.104. The molecule has 0 unspecified atom stereocenters. The van der Waals surface area contributed by atoms with E-state index in [1.807, 2.05) is 0 Å². The van der Waals surface area contributed by atoms with Crippen LogP contribution in [0.3, 0.4) is 0 Å². The molecule has 7 heteroatoms. The number of imidazole rings is 1. The number of nitrogens with one attached hydrogen (secondary N) is 1. The van der Waals surface area contributed by atoms with Crippen LogP contribution in [0.15, 0.2) is 0 Å². The van der Waals surface area contributed by atoms with Gasteiger partial charge in [0.05, 0.1) is 11.7 Å². The summed E-state index contributed by atoms with van der Waals surface area (Å²) in [7, 11) is 2.16. The number of urea groups is 1. The van der Waals surface area contributed by atoms with E-state index in [9.17, 15) is 9.59 Å². The minimum absolute atomic E-state index is 0.00166. The number of aromatic nitrogens is 2. The van der Waals surface area contributed by atoms with Crippen LogP contribution in [0.25, 0.3) is 0 Å². The number of nitrogens with zero attached hydrogens (tertiary/aromatic N) is 4. The summed E-state index contributed by atoms with van der Waals surface area (Å²) in [6.45, 7) is 2.22. The first-order valence-corrected chi connectivity index (χ1v) is 11.0. The molecule has 1 N–H and O–H groups in total. The van der Waals surface area contributed by atoms with Crippen LogP contribution in [0.5, 0.6) is 0 Å². The van der Waals surface area contributed by atoms with Gasteiger partial charge in [0.15, 0.2) is 0 Å². The van der Waals surface area contributed by atoms with Gasteiger partial charge in [0, 0.05) is 25.8 Å². The van der Waals surface area contributed by atoms with Crippen molar-refractivity contribution in [3.05, 3.63) is 17.2 Å². The van der Waals surface area contributed by atoms with E-state index >= 15 is 0 Å². The minimum Gasteiger partial charge on any atom is -0.334 e. The van der Waals surface area contributed by atoms with Crippen LogP contribution in [0, 0.1) is 0 Å². The second-order valence-corrected chi connectivity index (χ2v) is 9.00. The van der Waals surface area contributed by atoms with Crippen LogP contribution in [-0.2, 0) is 24.7 Å². The van der Waals surface area contributed by atoms with E-state index in [-0.39, 0.29) is 11.9 Å². The van der Waals surface area contributed by atoms with Crippen molar-refractivity contribution in [2.45, 2.75) is 75.8 Å². The van der Waals surface area contributed by atoms with Crippen LogP contribution >= 0.6 is 0 Å². The molecular weight excluding hydrogens is 354 g/mol. The van der Waals surface area contributed by atoms with E-state index in [2.05, 4.69) is 21.8 Å². The van der Waals surface area contributed by atoms with E-state index in [0.29, 0.717) is 12.6 Å². The fourth-order valence-corrected chi connectivity index (χ4v) is 5.82. The van der Waals surface area contributed by atoms with Gasteiger partial charge in [-0.25, -0.2) is 9.78 Å². The number of rotatable bonds is 4. The summed E-state index contributed by atoms with van der Waals surface area (Å²) in [5.41, 5.74) is 2.10. The summed E-state index contributed by atoms with van der Waals surface area (Å²) in [5, 5.41) is 2.99. The fourth-order valence-electron chi connectivity index (χ4n) is 5.82. The first-order chi connectivity index (χ1) is 13.6. The molecule has 1 aromatic heterocycles. The van der Waals surface area contributed by atoms with Gasteiger partial charge >= 0.3 is 6.03 Å². The van der Waals surface area contributed by atoms with Crippen molar-refractivity contribution in [1.29, 1.82) is 0 Å². The second kappa shape index (κ2) is 6.87. The Morgan fingerprint density at radius 2 is 1.86 bits per heavy atom. The van der Waals surface area contributed by atoms with E-state index < -0.39 is 5.54 Å². The van der Waals surface area contributed by atoms with Crippen molar-refractivity contribution in [3.63, 3.8) is 0 Å². The van der Waals surface area contributed by atoms with Crippen molar-refractivity contribution >= 4 is 11.9 Å². The number of imide groups is 1. The largest absolute Gasteiger partial charge is 0.334 e. The summed E-state index contributed by atoms with van der Waals surface area (Å²) in [5.74, 6) is 1.17. The lowest BCUT2D eigenvalue weighted by Gasteiger charge is -2.26. The molecule has 3 amide bonds. The highest BCUT2D eigenvalue weighted by Crippen LogP contribution is 2.36. The summed E-state index contributed by atoms with van der Waals surface area (Å²) < 4.78 is 2.32. The van der Waals surface area contributed by atoms with Crippen LogP contribution in [0.4, 0.5) is 4.79 Å². The van der Waals surface area contributed by atoms with Crippen molar-refractivity contribution in [3.8, 4) is 0 Å². The predicted octanol–water partition coefficient (Wildman–Crippen LogP) is 2.30. The summed E-state index contributed by atoms with van der Waals surface area (Å²) >= 11 is 0. The van der Waals surface area contributed by atoms with Gasteiger partial charge in [-0.05, 0) is 57.9 Å². The average molecular weight is 386 g/mol. The number of hydrogen-bond acceptors (Lipinski definition) is 4. The van der Waals surface area contributed by atoms with Crippen molar-refractivity contribution in [1.82, 2.24) is 24.7 Å². The van der Waals surface area contributed by atoms with Crippen LogP contribution in [0.1, 0.15) is 74.6 Å². The molecule has 2 aliphatic heterocycles. The van der Waals surface area contributed by atoms with E-state index in [0.717, 1.165) is 64.5 Å². The zero-order valence-electron chi connectivity index (χ0n) is 16.9. The quantitative estimate of drug-likeness (QED) is 0.808. The molecule has 0 radical (unpaired) electrons. The highest BCUT2D eigenvalue weighted by Gasteiger charge is 2.52. The third kappa shape index (κ3) is 2.78. The lowest BCUT2D eigenvalue weighted by molar-refractivity contribution is -0.131. The number of fused-ring (bicyclic) bond motifs is 1. The Bertz CT molecular complexity index is 795. The normalized spacial score (nSPS) is 27.0. The molecule has 2 saturated heterocycles. The van der Waals surface area contributed by atoms with Gasteiger partial charge in [-0.3, -0.25) is 14.6 Å². The maximum atomic E-state index is 12.9. The van der Waals surface area contributed by atoms with Gasteiger partial charge < -0.3 is 9.88 Å². The molecule has 0 bridgehead atoms.